The maximum Gasteiger partial charge on any atom is 0.0917 e. The standard InChI is InChI=1S/C18H21NOS/c20-18(16-9-5-2-6-10-16)13-19-11-12-21-14-17(19)15-7-3-1-4-8-15/h1-10,17-18,20H,11-14H2. The first kappa shape index (κ1) is 14.6. The Hall–Kier alpha value is -1.29. The van der Waals surface area contributed by atoms with Crippen molar-refractivity contribution in [1.29, 1.82) is 0 Å². The zero-order valence-corrected chi connectivity index (χ0v) is 12.9. The van der Waals surface area contributed by atoms with Crippen molar-refractivity contribution in [3.05, 3.63) is 71.8 Å². The smallest absolute Gasteiger partial charge is 0.0917 e. The van der Waals surface area contributed by atoms with Crippen LogP contribution in [0.15, 0.2) is 60.7 Å². The van der Waals surface area contributed by atoms with Crippen LogP contribution in [0.5, 0.6) is 0 Å². The van der Waals surface area contributed by atoms with Gasteiger partial charge in [0.1, 0.15) is 0 Å². The van der Waals surface area contributed by atoms with Gasteiger partial charge in [0.2, 0.25) is 0 Å². The molecular formula is C18H21NOS. The zero-order valence-electron chi connectivity index (χ0n) is 12.1. The molecule has 0 aromatic heterocycles. The molecule has 1 saturated heterocycles. The lowest BCUT2D eigenvalue weighted by molar-refractivity contribution is 0.0944. The molecule has 2 nitrogen and oxygen atoms in total. The molecule has 1 N–H and O–H groups in total. The summed E-state index contributed by atoms with van der Waals surface area (Å²) in [6.07, 6.45) is -0.416. The maximum atomic E-state index is 10.5. The van der Waals surface area contributed by atoms with E-state index in [2.05, 4.69) is 35.2 Å². The normalized spacial score (nSPS) is 21.1. The van der Waals surface area contributed by atoms with Crippen molar-refractivity contribution in [2.24, 2.45) is 0 Å². The second-order valence-corrected chi connectivity index (χ2v) is 6.57. The van der Waals surface area contributed by atoms with Crippen LogP contribution in [0, 0.1) is 0 Å². The van der Waals surface area contributed by atoms with Crippen LogP contribution in [0.25, 0.3) is 0 Å². The molecule has 1 heterocycles. The van der Waals surface area contributed by atoms with Gasteiger partial charge in [0.15, 0.2) is 0 Å². The first-order valence-electron chi connectivity index (χ1n) is 7.44. The van der Waals surface area contributed by atoms with Crippen molar-refractivity contribution in [1.82, 2.24) is 4.90 Å². The van der Waals surface area contributed by atoms with Crippen LogP contribution in [-0.4, -0.2) is 34.6 Å². The fraction of sp³-hybridized carbons (Fsp3) is 0.333. The van der Waals surface area contributed by atoms with Gasteiger partial charge in [-0.1, -0.05) is 60.7 Å². The number of hydrogen-bond acceptors (Lipinski definition) is 3. The van der Waals surface area contributed by atoms with Crippen molar-refractivity contribution < 1.29 is 5.11 Å². The average Bonchev–Trinajstić information content (AvgIpc) is 2.57. The summed E-state index contributed by atoms with van der Waals surface area (Å²) < 4.78 is 0. The van der Waals surface area contributed by atoms with E-state index in [0.717, 1.165) is 23.6 Å². The average molecular weight is 299 g/mol. The minimum Gasteiger partial charge on any atom is -0.387 e. The SMILES string of the molecule is OC(CN1CCSCC1c1ccccc1)c1ccccc1. The highest BCUT2D eigenvalue weighted by molar-refractivity contribution is 7.99. The second-order valence-electron chi connectivity index (χ2n) is 5.42. The molecule has 2 aromatic carbocycles. The van der Waals surface area contributed by atoms with Crippen molar-refractivity contribution >= 4 is 11.8 Å². The summed E-state index contributed by atoms with van der Waals surface area (Å²) in [6, 6.07) is 21.0. The summed E-state index contributed by atoms with van der Waals surface area (Å²) in [5.74, 6) is 2.25. The van der Waals surface area contributed by atoms with Crippen molar-refractivity contribution in [3.8, 4) is 0 Å². The van der Waals surface area contributed by atoms with Gasteiger partial charge in [0.05, 0.1) is 6.10 Å². The third-order valence-corrected chi connectivity index (χ3v) is 5.04. The van der Waals surface area contributed by atoms with Gasteiger partial charge in [0, 0.05) is 30.6 Å². The number of aliphatic hydroxyl groups excluding tert-OH is 1. The van der Waals surface area contributed by atoms with Gasteiger partial charge in [0.25, 0.3) is 0 Å². The van der Waals surface area contributed by atoms with Crippen LogP contribution in [0.1, 0.15) is 23.3 Å². The Balaban J connectivity index is 1.73. The molecule has 2 aromatic rings. The molecule has 1 aliphatic heterocycles. The lowest BCUT2D eigenvalue weighted by Gasteiger charge is -2.37. The summed E-state index contributed by atoms with van der Waals surface area (Å²) in [5.41, 5.74) is 2.35. The molecule has 0 spiro atoms. The van der Waals surface area contributed by atoms with Crippen LogP contribution < -0.4 is 0 Å². The molecule has 3 rings (SSSR count). The maximum absolute atomic E-state index is 10.5. The van der Waals surface area contributed by atoms with E-state index < -0.39 is 6.10 Å². The van der Waals surface area contributed by atoms with E-state index in [0.29, 0.717) is 12.6 Å². The highest BCUT2D eigenvalue weighted by Gasteiger charge is 2.26. The number of hydrogen-bond donors (Lipinski definition) is 1. The van der Waals surface area contributed by atoms with Crippen LogP contribution >= 0.6 is 11.8 Å². The lowest BCUT2D eigenvalue weighted by atomic mass is 10.0. The molecule has 1 fully saturated rings. The lowest BCUT2D eigenvalue weighted by Crippen LogP contribution is -2.38. The number of thioether (sulfide) groups is 1. The fourth-order valence-corrected chi connectivity index (χ4v) is 4.00. The van der Waals surface area contributed by atoms with E-state index in [1.165, 1.54) is 5.56 Å². The Morgan fingerprint density at radius 3 is 2.43 bits per heavy atom. The molecule has 0 aliphatic carbocycles. The summed E-state index contributed by atoms with van der Waals surface area (Å²) >= 11 is 2.00. The van der Waals surface area contributed by atoms with E-state index in [4.69, 9.17) is 0 Å². The van der Waals surface area contributed by atoms with Crippen molar-refractivity contribution in [2.75, 3.05) is 24.6 Å². The molecule has 0 bridgehead atoms. The number of benzene rings is 2. The Morgan fingerprint density at radius 1 is 1.05 bits per heavy atom. The van der Waals surface area contributed by atoms with E-state index in [1.807, 2.05) is 42.1 Å². The third-order valence-electron chi connectivity index (χ3n) is 4.02. The molecule has 0 radical (unpaired) electrons. The second kappa shape index (κ2) is 7.12. The fourth-order valence-electron chi connectivity index (χ4n) is 2.84. The van der Waals surface area contributed by atoms with Gasteiger partial charge in [-0.05, 0) is 11.1 Å². The first-order chi connectivity index (χ1) is 10.3. The monoisotopic (exact) mass is 299 g/mol. The molecule has 3 heteroatoms. The number of aliphatic hydroxyl groups is 1. The van der Waals surface area contributed by atoms with Gasteiger partial charge < -0.3 is 5.11 Å². The Labute approximate surface area is 130 Å². The summed E-state index contributed by atoms with van der Waals surface area (Å²) in [6.45, 7) is 1.73. The van der Waals surface area contributed by atoms with E-state index in [9.17, 15) is 5.11 Å². The Morgan fingerprint density at radius 2 is 1.71 bits per heavy atom. The minimum absolute atomic E-state index is 0.406. The van der Waals surface area contributed by atoms with Gasteiger partial charge in [-0.3, -0.25) is 4.90 Å². The topological polar surface area (TPSA) is 23.5 Å². The highest BCUT2D eigenvalue weighted by atomic mass is 32.2. The van der Waals surface area contributed by atoms with E-state index >= 15 is 0 Å². The number of nitrogens with zero attached hydrogens (tertiary/aromatic N) is 1. The van der Waals surface area contributed by atoms with Gasteiger partial charge in [-0.25, -0.2) is 0 Å². The minimum atomic E-state index is -0.416. The summed E-state index contributed by atoms with van der Waals surface area (Å²) in [4.78, 5) is 2.42. The molecule has 0 amide bonds. The van der Waals surface area contributed by atoms with Crippen LogP contribution in [0.2, 0.25) is 0 Å². The van der Waals surface area contributed by atoms with Crippen LogP contribution in [0.4, 0.5) is 0 Å². The van der Waals surface area contributed by atoms with E-state index in [-0.39, 0.29) is 0 Å². The molecule has 2 atom stereocenters. The molecule has 110 valence electrons. The molecule has 1 aliphatic rings. The largest absolute Gasteiger partial charge is 0.387 e. The number of rotatable bonds is 4. The van der Waals surface area contributed by atoms with Crippen molar-refractivity contribution in [2.45, 2.75) is 12.1 Å². The molecule has 21 heavy (non-hydrogen) atoms. The van der Waals surface area contributed by atoms with Gasteiger partial charge in [-0.2, -0.15) is 11.8 Å². The summed E-state index contributed by atoms with van der Waals surface area (Å²) in [5, 5.41) is 10.5. The van der Waals surface area contributed by atoms with Crippen molar-refractivity contribution in [3.63, 3.8) is 0 Å². The molecule has 2 unspecified atom stereocenters. The molecular weight excluding hydrogens is 278 g/mol. The predicted molar refractivity (Wildman–Crippen MR) is 89.5 cm³/mol. The third kappa shape index (κ3) is 3.67. The van der Waals surface area contributed by atoms with E-state index in [1.54, 1.807) is 0 Å². The van der Waals surface area contributed by atoms with Crippen LogP contribution in [0.3, 0.4) is 0 Å². The summed E-state index contributed by atoms with van der Waals surface area (Å²) in [7, 11) is 0. The number of β-amino-alcohol motifs (C(OH)–C–C–N with tert-alkyl or cyclic N) is 1. The Kier molecular flexibility index (Phi) is 4.96. The molecule has 0 saturated carbocycles. The van der Waals surface area contributed by atoms with Crippen LogP contribution in [-0.2, 0) is 0 Å². The quantitative estimate of drug-likeness (QED) is 0.934. The first-order valence-corrected chi connectivity index (χ1v) is 8.60. The van der Waals surface area contributed by atoms with Gasteiger partial charge in [-0.15, -0.1) is 0 Å². The highest BCUT2D eigenvalue weighted by Crippen LogP contribution is 2.31. The van der Waals surface area contributed by atoms with Gasteiger partial charge >= 0.3 is 0 Å². The Bertz CT molecular complexity index is 546. The zero-order chi connectivity index (χ0) is 14.5. The predicted octanol–water partition coefficient (Wildman–Crippen LogP) is 3.51.